The summed E-state index contributed by atoms with van der Waals surface area (Å²) in [6.07, 6.45) is 1.10. The highest BCUT2D eigenvalue weighted by Crippen LogP contribution is 1.62. The first-order valence-electron chi connectivity index (χ1n) is 3.72. The third-order valence-electron chi connectivity index (χ3n) is 0.723. The molecular formula is C9H28N2O4S. The highest BCUT2D eigenvalue weighted by Gasteiger charge is 1.88. The number of carbonyl (C=O) groups is 1. The van der Waals surface area contributed by atoms with Gasteiger partial charge in [-0.15, -0.1) is 0 Å². The third kappa shape index (κ3) is 108. The lowest BCUT2D eigenvalue weighted by molar-refractivity contribution is -0.118. The zero-order chi connectivity index (χ0) is 12.2. The molecule has 0 aromatic heterocycles. The lowest BCUT2D eigenvalue weighted by atomic mass is 10.7. The van der Waals surface area contributed by atoms with Crippen LogP contribution in [-0.4, -0.2) is 48.9 Å². The number of methoxy groups -OCH3 is 1. The Morgan fingerprint density at radius 3 is 1.25 bits per heavy atom. The summed E-state index contributed by atoms with van der Waals surface area (Å²) in [5.41, 5.74) is 0. The summed E-state index contributed by atoms with van der Waals surface area (Å²) in [5.74, 6) is 0.00463. The van der Waals surface area contributed by atoms with E-state index < -0.39 is 10.0 Å². The topological polar surface area (TPSA) is 84.5 Å². The molecule has 6 nitrogen and oxygen atoms in total. The molecule has 2 N–H and O–H groups in total. The number of nitrogens with one attached hydrogen (secondary N) is 2. The molecule has 0 aromatic carbocycles. The molecule has 0 bridgehead atoms. The van der Waals surface area contributed by atoms with Crippen LogP contribution in [0.25, 0.3) is 0 Å². The van der Waals surface area contributed by atoms with Crippen LogP contribution >= 0.6 is 0 Å². The van der Waals surface area contributed by atoms with Crippen LogP contribution in [0.5, 0.6) is 0 Å². The van der Waals surface area contributed by atoms with E-state index >= 15 is 0 Å². The summed E-state index contributed by atoms with van der Waals surface area (Å²) >= 11 is 0. The molecule has 7 heteroatoms. The van der Waals surface area contributed by atoms with E-state index in [0.29, 0.717) is 0 Å². The number of rotatable bonds is 1. The second-order valence-electron chi connectivity index (χ2n) is 2.19. The van der Waals surface area contributed by atoms with Crippen molar-refractivity contribution in [3.63, 3.8) is 0 Å². The minimum Gasteiger partial charge on any atom is -0.388 e. The van der Waals surface area contributed by atoms with Gasteiger partial charge in [-0.1, -0.05) is 14.9 Å². The van der Waals surface area contributed by atoms with Crippen molar-refractivity contribution < 1.29 is 17.9 Å². The number of hydrogen-bond acceptors (Lipinski definition) is 4. The summed E-state index contributed by atoms with van der Waals surface area (Å²) in [6.45, 7) is 1.47. The first-order chi connectivity index (χ1) is 6.24. The van der Waals surface area contributed by atoms with Crippen LogP contribution in [0.4, 0.5) is 0 Å². The molecule has 0 aliphatic rings. The standard InChI is InChI=1S/C3H7NO.C2H7NO2S.C2H6O.2CH4/c1-3(5)4-2;1-3-6(2,4)5;1-3-2;;/h1-2H3,(H,4,5);3H,1-2H3;1-2H3;2*1H4. The van der Waals surface area contributed by atoms with E-state index in [1.807, 2.05) is 0 Å². The summed E-state index contributed by atoms with van der Waals surface area (Å²) in [5, 5.41) is 2.39. The van der Waals surface area contributed by atoms with Gasteiger partial charge in [0.25, 0.3) is 0 Å². The summed E-state index contributed by atoms with van der Waals surface area (Å²) in [7, 11) is 3.31. The second kappa shape index (κ2) is 19.8. The Balaban J connectivity index is -0.0000000373. The van der Waals surface area contributed by atoms with E-state index in [2.05, 4.69) is 14.8 Å². The molecule has 0 heterocycles. The van der Waals surface area contributed by atoms with Gasteiger partial charge in [0, 0.05) is 28.2 Å². The third-order valence-corrected chi connectivity index (χ3v) is 1.46. The zero-order valence-corrected chi connectivity index (χ0v) is 10.4. The Labute approximate surface area is 101 Å². The normalized spacial score (nSPS) is 7.62. The van der Waals surface area contributed by atoms with Gasteiger partial charge in [0.15, 0.2) is 0 Å². The maximum atomic E-state index is 9.89. The molecule has 0 aliphatic carbocycles. The van der Waals surface area contributed by atoms with Crippen molar-refractivity contribution in [3.05, 3.63) is 0 Å². The van der Waals surface area contributed by atoms with Crippen molar-refractivity contribution in [1.29, 1.82) is 0 Å². The van der Waals surface area contributed by atoms with Gasteiger partial charge >= 0.3 is 0 Å². The molecule has 16 heavy (non-hydrogen) atoms. The van der Waals surface area contributed by atoms with Crippen molar-refractivity contribution in [2.24, 2.45) is 0 Å². The molecule has 0 aliphatic heterocycles. The maximum Gasteiger partial charge on any atom is 0.216 e. The zero-order valence-electron chi connectivity index (χ0n) is 9.54. The SMILES string of the molecule is C.C.CNC(C)=O.CNS(C)(=O)=O.COC. The molecule has 0 saturated heterocycles. The van der Waals surface area contributed by atoms with E-state index in [1.54, 1.807) is 21.3 Å². The maximum absolute atomic E-state index is 9.89. The molecular weight excluding hydrogens is 232 g/mol. The molecule has 0 radical (unpaired) electrons. The van der Waals surface area contributed by atoms with Crippen LogP contribution in [0.2, 0.25) is 0 Å². The lowest BCUT2D eigenvalue weighted by Crippen LogP contribution is -2.15. The van der Waals surface area contributed by atoms with Gasteiger partial charge in [-0.05, 0) is 7.05 Å². The molecule has 0 unspecified atom stereocenters. The predicted molar refractivity (Wildman–Crippen MR) is 70.0 cm³/mol. The molecule has 0 spiro atoms. The van der Waals surface area contributed by atoms with E-state index in [1.165, 1.54) is 14.0 Å². The average Bonchev–Trinajstić information content (AvgIpc) is 2.06. The van der Waals surface area contributed by atoms with E-state index in [-0.39, 0.29) is 20.8 Å². The van der Waals surface area contributed by atoms with Crippen LogP contribution in [0.3, 0.4) is 0 Å². The minimum absolute atomic E-state index is 0. The van der Waals surface area contributed by atoms with Crippen LogP contribution in [0, 0.1) is 0 Å². The van der Waals surface area contributed by atoms with Crippen LogP contribution in [0.1, 0.15) is 21.8 Å². The van der Waals surface area contributed by atoms with Crippen LogP contribution < -0.4 is 10.0 Å². The van der Waals surface area contributed by atoms with Crippen molar-refractivity contribution in [1.82, 2.24) is 10.0 Å². The highest BCUT2D eigenvalue weighted by molar-refractivity contribution is 7.88. The summed E-state index contributed by atoms with van der Waals surface area (Å²) in [4.78, 5) is 9.70. The smallest absolute Gasteiger partial charge is 0.216 e. The van der Waals surface area contributed by atoms with Gasteiger partial charge in [0.1, 0.15) is 0 Å². The van der Waals surface area contributed by atoms with Gasteiger partial charge < -0.3 is 10.1 Å². The Morgan fingerprint density at radius 1 is 1.12 bits per heavy atom. The van der Waals surface area contributed by atoms with E-state index in [9.17, 15) is 13.2 Å². The number of amides is 1. The van der Waals surface area contributed by atoms with Gasteiger partial charge in [-0.2, -0.15) is 0 Å². The fourth-order valence-electron chi connectivity index (χ4n) is 0. The number of ether oxygens (including phenoxy) is 1. The minimum atomic E-state index is -2.91. The molecule has 0 rings (SSSR count). The molecule has 0 fully saturated rings. The Hall–Kier alpha value is -0.660. The molecule has 0 saturated carbocycles. The second-order valence-corrected chi connectivity index (χ2v) is 4.14. The number of carbonyl (C=O) groups excluding carboxylic acids is 1. The first-order valence-corrected chi connectivity index (χ1v) is 5.61. The first kappa shape index (κ1) is 29.5. The summed E-state index contributed by atoms with van der Waals surface area (Å²) in [6, 6.07) is 0. The Morgan fingerprint density at radius 2 is 1.25 bits per heavy atom. The van der Waals surface area contributed by atoms with Crippen molar-refractivity contribution >= 4 is 15.9 Å². The average molecular weight is 260 g/mol. The fraction of sp³-hybridized carbons (Fsp3) is 0.889. The van der Waals surface area contributed by atoms with Gasteiger partial charge in [-0.3, -0.25) is 4.79 Å². The van der Waals surface area contributed by atoms with Crippen molar-refractivity contribution in [2.45, 2.75) is 21.8 Å². The molecule has 104 valence electrons. The highest BCUT2D eigenvalue weighted by atomic mass is 32.2. The lowest BCUT2D eigenvalue weighted by Gasteiger charge is -1.85. The van der Waals surface area contributed by atoms with Crippen molar-refractivity contribution in [2.75, 3.05) is 34.6 Å². The van der Waals surface area contributed by atoms with Gasteiger partial charge in [0.05, 0.1) is 6.26 Å². The largest absolute Gasteiger partial charge is 0.388 e. The van der Waals surface area contributed by atoms with Gasteiger partial charge in [-0.25, -0.2) is 13.1 Å². The monoisotopic (exact) mass is 260 g/mol. The van der Waals surface area contributed by atoms with Crippen molar-refractivity contribution in [3.8, 4) is 0 Å². The van der Waals surface area contributed by atoms with Gasteiger partial charge in [0.2, 0.25) is 15.9 Å². The quantitative estimate of drug-likeness (QED) is 0.717. The number of hydrogen-bond donors (Lipinski definition) is 2. The molecule has 1 amide bonds. The van der Waals surface area contributed by atoms with E-state index in [0.717, 1.165) is 6.26 Å². The predicted octanol–water partition coefficient (Wildman–Crippen LogP) is 0.453. The van der Waals surface area contributed by atoms with E-state index in [4.69, 9.17) is 0 Å². The Kier molecular flexibility index (Phi) is 36.6. The summed E-state index contributed by atoms with van der Waals surface area (Å²) < 4.78 is 26.1. The van der Waals surface area contributed by atoms with Crippen LogP contribution in [0.15, 0.2) is 0 Å². The molecule has 0 atom stereocenters. The Bertz CT molecular complexity index is 216. The molecule has 0 aromatic rings. The fourth-order valence-corrected chi connectivity index (χ4v) is 0. The van der Waals surface area contributed by atoms with Crippen LogP contribution in [-0.2, 0) is 19.6 Å². The number of sulfonamides is 1.